The molecule has 0 radical (unpaired) electrons. The van der Waals surface area contributed by atoms with Gasteiger partial charge in [-0.25, -0.2) is 5.01 Å². The maximum absolute atomic E-state index is 13.7. The van der Waals surface area contributed by atoms with Gasteiger partial charge in [-0.05, 0) is 48.0 Å². The highest BCUT2D eigenvalue weighted by Crippen LogP contribution is 2.41. The van der Waals surface area contributed by atoms with Crippen LogP contribution in [0.25, 0.3) is 0 Å². The molecule has 4 aromatic rings. The van der Waals surface area contributed by atoms with Crippen LogP contribution in [-0.4, -0.2) is 38.2 Å². The fourth-order valence-electron chi connectivity index (χ4n) is 4.47. The summed E-state index contributed by atoms with van der Waals surface area (Å²) in [6.45, 7) is 0.411. The van der Waals surface area contributed by atoms with Gasteiger partial charge in [0, 0.05) is 22.9 Å². The van der Waals surface area contributed by atoms with E-state index in [1.807, 2.05) is 36.4 Å². The number of ether oxygens (including phenoxy) is 4. The molecular formula is C31H29N3O6. The first-order chi connectivity index (χ1) is 19.5. The Bertz CT molecular complexity index is 1510. The number of benzene rings is 4. The molecule has 2 N–H and O–H groups in total. The zero-order chi connectivity index (χ0) is 28.1. The molecule has 9 heteroatoms. The van der Waals surface area contributed by atoms with E-state index in [-0.39, 0.29) is 5.91 Å². The Labute approximate surface area is 232 Å². The van der Waals surface area contributed by atoms with Gasteiger partial charge in [0.05, 0.1) is 26.9 Å². The Morgan fingerprint density at radius 3 is 2.17 bits per heavy atom. The summed E-state index contributed by atoms with van der Waals surface area (Å²) in [6, 6.07) is 27.0. The zero-order valence-electron chi connectivity index (χ0n) is 22.3. The maximum atomic E-state index is 13.7. The molecule has 0 aromatic heterocycles. The Morgan fingerprint density at radius 1 is 0.825 bits per heavy atom. The summed E-state index contributed by atoms with van der Waals surface area (Å²) in [7, 11) is 4.57. The lowest BCUT2D eigenvalue weighted by atomic mass is 10.0. The van der Waals surface area contributed by atoms with Gasteiger partial charge in [-0.2, -0.15) is 0 Å². The highest BCUT2D eigenvalue weighted by atomic mass is 16.5. The number of para-hydroxylation sites is 1. The molecule has 0 aliphatic carbocycles. The first kappa shape index (κ1) is 26.4. The first-order valence-electron chi connectivity index (χ1n) is 12.6. The SMILES string of the molecule is COc1cc(OC)c(C2Nc3ccccc3C(=O)N2NC(=O)c2ccc(OCc3ccccc3)cc2)cc1OC. The summed E-state index contributed by atoms with van der Waals surface area (Å²) in [5.41, 5.74) is 5.79. The number of fused-ring (bicyclic) bond motifs is 1. The van der Waals surface area contributed by atoms with Crippen LogP contribution in [0.15, 0.2) is 91.0 Å². The van der Waals surface area contributed by atoms with Gasteiger partial charge in [-0.3, -0.25) is 15.0 Å². The van der Waals surface area contributed by atoms with Gasteiger partial charge in [-0.15, -0.1) is 0 Å². The van der Waals surface area contributed by atoms with Gasteiger partial charge in [0.2, 0.25) is 0 Å². The second-order valence-electron chi connectivity index (χ2n) is 8.96. The van der Waals surface area contributed by atoms with E-state index >= 15 is 0 Å². The maximum Gasteiger partial charge on any atom is 0.276 e. The molecule has 1 aliphatic rings. The molecule has 5 rings (SSSR count). The van der Waals surface area contributed by atoms with E-state index < -0.39 is 12.1 Å². The lowest BCUT2D eigenvalue weighted by Crippen LogP contribution is -2.53. The van der Waals surface area contributed by atoms with Crippen molar-refractivity contribution in [1.82, 2.24) is 10.4 Å². The monoisotopic (exact) mass is 539 g/mol. The van der Waals surface area contributed by atoms with Crippen molar-refractivity contribution in [2.45, 2.75) is 12.8 Å². The Balaban J connectivity index is 1.42. The molecule has 1 aliphatic heterocycles. The van der Waals surface area contributed by atoms with Crippen LogP contribution >= 0.6 is 0 Å². The minimum Gasteiger partial charge on any atom is -0.496 e. The number of carbonyl (C=O) groups excluding carboxylic acids is 2. The van der Waals surface area contributed by atoms with Crippen molar-refractivity contribution in [3.05, 3.63) is 113 Å². The standard InChI is InChI=1S/C31H29N3O6/c1-37-26-18-28(39-3)27(38-2)17-24(26)29-32-25-12-8-7-11-23(25)31(36)34(29)33-30(35)21-13-15-22(16-14-21)40-19-20-9-5-4-6-10-20/h4-18,29,32H,19H2,1-3H3,(H,33,35). The molecule has 0 saturated carbocycles. The fraction of sp³-hybridized carbons (Fsp3) is 0.161. The van der Waals surface area contributed by atoms with Gasteiger partial charge in [0.15, 0.2) is 17.7 Å². The summed E-state index contributed by atoms with van der Waals surface area (Å²) < 4.78 is 22.4. The van der Waals surface area contributed by atoms with Gasteiger partial charge in [0.1, 0.15) is 18.1 Å². The molecule has 1 unspecified atom stereocenters. The van der Waals surface area contributed by atoms with Crippen LogP contribution in [0.1, 0.15) is 38.0 Å². The van der Waals surface area contributed by atoms with Crippen LogP contribution in [0, 0.1) is 0 Å². The number of carbonyl (C=O) groups is 2. The third-order valence-electron chi connectivity index (χ3n) is 6.54. The predicted octanol–water partition coefficient (Wildman–Crippen LogP) is 5.20. The number of hydrogen-bond acceptors (Lipinski definition) is 7. The summed E-state index contributed by atoms with van der Waals surface area (Å²) in [5, 5.41) is 4.61. The van der Waals surface area contributed by atoms with Crippen molar-refractivity contribution in [3.8, 4) is 23.0 Å². The van der Waals surface area contributed by atoms with Crippen molar-refractivity contribution >= 4 is 17.5 Å². The van der Waals surface area contributed by atoms with Gasteiger partial charge in [0.25, 0.3) is 11.8 Å². The van der Waals surface area contributed by atoms with E-state index in [0.29, 0.717) is 52.0 Å². The molecule has 1 heterocycles. The number of anilines is 1. The van der Waals surface area contributed by atoms with Crippen LogP contribution in [0.5, 0.6) is 23.0 Å². The number of rotatable bonds is 9. The number of nitrogens with zero attached hydrogens (tertiary/aromatic N) is 1. The van der Waals surface area contributed by atoms with Crippen molar-refractivity contribution in [3.63, 3.8) is 0 Å². The van der Waals surface area contributed by atoms with Gasteiger partial charge >= 0.3 is 0 Å². The van der Waals surface area contributed by atoms with Crippen molar-refractivity contribution in [1.29, 1.82) is 0 Å². The molecule has 1 atom stereocenters. The number of hydrogen-bond donors (Lipinski definition) is 2. The quantitative estimate of drug-likeness (QED) is 0.302. The van der Waals surface area contributed by atoms with E-state index in [1.165, 1.54) is 26.3 Å². The third-order valence-corrected chi connectivity index (χ3v) is 6.54. The molecule has 0 fully saturated rings. The molecule has 0 spiro atoms. The smallest absolute Gasteiger partial charge is 0.276 e. The summed E-state index contributed by atoms with van der Waals surface area (Å²) in [6.07, 6.45) is -0.811. The second kappa shape index (κ2) is 11.7. The van der Waals surface area contributed by atoms with E-state index in [1.54, 1.807) is 54.6 Å². The molecular weight excluding hydrogens is 510 g/mol. The number of methoxy groups -OCH3 is 3. The highest BCUT2D eigenvalue weighted by Gasteiger charge is 2.36. The minimum atomic E-state index is -0.811. The van der Waals surface area contributed by atoms with Crippen LogP contribution in [-0.2, 0) is 6.61 Å². The molecule has 204 valence electrons. The molecule has 0 saturated heterocycles. The third kappa shape index (κ3) is 5.35. The summed E-state index contributed by atoms with van der Waals surface area (Å²) in [5.74, 6) is 1.14. The van der Waals surface area contributed by atoms with Gasteiger partial charge < -0.3 is 24.3 Å². The molecule has 4 aromatic carbocycles. The molecule has 9 nitrogen and oxygen atoms in total. The van der Waals surface area contributed by atoms with Crippen LogP contribution in [0.4, 0.5) is 5.69 Å². The van der Waals surface area contributed by atoms with Crippen molar-refractivity contribution in [2.75, 3.05) is 26.6 Å². The average Bonchev–Trinajstić information content (AvgIpc) is 3.01. The van der Waals surface area contributed by atoms with Crippen molar-refractivity contribution in [2.24, 2.45) is 0 Å². The molecule has 0 bridgehead atoms. The number of nitrogens with one attached hydrogen (secondary N) is 2. The normalized spacial score (nSPS) is 14.0. The lowest BCUT2D eigenvalue weighted by molar-refractivity contribution is 0.0488. The molecule has 40 heavy (non-hydrogen) atoms. The van der Waals surface area contributed by atoms with Crippen LogP contribution in [0.3, 0.4) is 0 Å². The van der Waals surface area contributed by atoms with Crippen molar-refractivity contribution < 1.29 is 28.5 Å². The topological polar surface area (TPSA) is 98.4 Å². The molecule has 2 amide bonds. The van der Waals surface area contributed by atoms with E-state index in [0.717, 1.165) is 5.56 Å². The second-order valence-corrected chi connectivity index (χ2v) is 8.96. The first-order valence-corrected chi connectivity index (χ1v) is 12.6. The van der Waals surface area contributed by atoms with Gasteiger partial charge in [-0.1, -0.05) is 42.5 Å². The fourth-order valence-corrected chi connectivity index (χ4v) is 4.47. The minimum absolute atomic E-state index is 0.358. The zero-order valence-corrected chi connectivity index (χ0v) is 22.3. The predicted molar refractivity (Wildman–Crippen MR) is 150 cm³/mol. The van der Waals surface area contributed by atoms with E-state index in [4.69, 9.17) is 18.9 Å². The Kier molecular flexibility index (Phi) is 7.72. The summed E-state index contributed by atoms with van der Waals surface area (Å²) >= 11 is 0. The van der Waals surface area contributed by atoms with Crippen LogP contribution in [0.2, 0.25) is 0 Å². The van der Waals surface area contributed by atoms with E-state index in [9.17, 15) is 9.59 Å². The Morgan fingerprint density at radius 2 is 1.48 bits per heavy atom. The lowest BCUT2D eigenvalue weighted by Gasteiger charge is -2.38. The largest absolute Gasteiger partial charge is 0.496 e. The van der Waals surface area contributed by atoms with E-state index in [2.05, 4.69) is 10.7 Å². The van der Waals surface area contributed by atoms with Crippen LogP contribution < -0.4 is 29.7 Å². The summed E-state index contributed by atoms with van der Waals surface area (Å²) in [4.78, 5) is 27.0. The average molecular weight is 540 g/mol. The number of hydrazine groups is 1. The number of amides is 2. The highest BCUT2D eigenvalue weighted by molar-refractivity contribution is 6.04. The Hall–Kier alpha value is -5.18.